The Labute approximate surface area is 136 Å². The maximum absolute atomic E-state index is 6.02. The van der Waals surface area contributed by atoms with Gasteiger partial charge in [-0.2, -0.15) is 0 Å². The zero-order valence-corrected chi connectivity index (χ0v) is 14.7. The van der Waals surface area contributed by atoms with Gasteiger partial charge in [0.2, 0.25) is 0 Å². The number of hydrogen-bond acceptors (Lipinski definition) is 2. The van der Waals surface area contributed by atoms with Crippen LogP contribution >= 0.6 is 11.6 Å². The minimum Gasteiger partial charge on any atom is -0.369 e. The number of nitrogens with zero attached hydrogens (tertiary/aromatic N) is 2. The Morgan fingerprint density at radius 3 is 2.24 bits per heavy atom. The first-order valence-electron chi connectivity index (χ1n) is 8.02. The molecular formula is C18H31ClN2. The fourth-order valence-electron chi connectivity index (χ4n) is 2.28. The zero-order valence-electron chi connectivity index (χ0n) is 13.9. The van der Waals surface area contributed by atoms with Crippen LogP contribution in [0.15, 0.2) is 37.4 Å². The molecule has 1 aliphatic rings. The molecule has 0 saturated carbocycles. The molecule has 1 saturated heterocycles. The maximum Gasteiger partial charge on any atom is 0.0426 e. The summed E-state index contributed by atoms with van der Waals surface area (Å²) in [6.45, 7) is 18.1. The van der Waals surface area contributed by atoms with Gasteiger partial charge in [-0.3, -0.25) is 4.90 Å². The summed E-state index contributed by atoms with van der Waals surface area (Å²) in [4.78, 5) is 4.98. The Balaban J connectivity index is 0.000000921. The Hall–Kier alpha value is -0.990. The molecule has 0 bridgehead atoms. The molecule has 1 fully saturated rings. The number of anilines is 1. The molecule has 0 atom stereocenters. The summed E-state index contributed by atoms with van der Waals surface area (Å²) in [6.07, 6.45) is 2.60. The second-order valence-electron chi connectivity index (χ2n) is 4.66. The largest absolute Gasteiger partial charge is 0.369 e. The lowest BCUT2D eigenvalue weighted by molar-refractivity contribution is 0.254. The number of halogens is 1. The van der Waals surface area contributed by atoms with Gasteiger partial charge < -0.3 is 4.90 Å². The quantitative estimate of drug-likeness (QED) is 0.715. The van der Waals surface area contributed by atoms with Crippen LogP contribution in [0.5, 0.6) is 0 Å². The van der Waals surface area contributed by atoms with Crippen molar-refractivity contribution in [2.75, 3.05) is 37.6 Å². The van der Waals surface area contributed by atoms with Crippen LogP contribution in [0, 0.1) is 0 Å². The molecule has 0 amide bonds. The highest BCUT2D eigenvalue weighted by Crippen LogP contribution is 2.20. The summed E-state index contributed by atoms with van der Waals surface area (Å²) in [5.41, 5.74) is 1.26. The molecule has 0 spiro atoms. The molecule has 2 rings (SSSR count). The summed E-state index contributed by atoms with van der Waals surface area (Å²) in [7, 11) is 0. The Bertz CT molecular complexity index is 360. The normalized spacial score (nSPS) is 14.6. The van der Waals surface area contributed by atoms with Gasteiger partial charge in [0, 0.05) is 36.9 Å². The van der Waals surface area contributed by atoms with E-state index in [4.69, 9.17) is 11.6 Å². The van der Waals surface area contributed by atoms with E-state index in [-0.39, 0.29) is 0 Å². The van der Waals surface area contributed by atoms with Crippen LogP contribution in [0.4, 0.5) is 5.69 Å². The third-order valence-electron chi connectivity index (χ3n) is 3.37. The first kappa shape index (κ1) is 20.0. The van der Waals surface area contributed by atoms with Crippen molar-refractivity contribution in [3.05, 3.63) is 42.4 Å². The third-order valence-corrected chi connectivity index (χ3v) is 3.61. The lowest BCUT2D eigenvalue weighted by Gasteiger charge is -2.36. The topological polar surface area (TPSA) is 6.48 Å². The van der Waals surface area contributed by atoms with Gasteiger partial charge in [-0.15, -0.1) is 13.2 Å². The van der Waals surface area contributed by atoms with Crippen LogP contribution in [0.2, 0.25) is 5.02 Å². The van der Waals surface area contributed by atoms with Gasteiger partial charge in [-0.05, 0) is 31.2 Å². The van der Waals surface area contributed by atoms with Crippen molar-refractivity contribution in [1.29, 1.82) is 0 Å². The van der Waals surface area contributed by atoms with Gasteiger partial charge in [0.25, 0.3) is 0 Å². The summed E-state index contributed by atoms with van der Waals surface area (Å²) in [6, 6.07) is 8.17. The highest BCUT2D eigenvalue weighted by Gasteiger charge is 2.16. The first-order chi connectivity index (χ1) is 10.3. The summed E-state index contributed by atoms with van der Waals surface area (Å²) >= 11 is 6.02. The van der Waals surface area contributed by atoms with E-state index in [1.54, 1.807) is 0 Å². The molecule has 1 aromatic rings. The van der Waals surface area contributed by atoms with E-state index in [2.05, 4.69) is 42.0 Å². The van der Waals surface area contributed by atoms with Crippen molar-refractivity contribution in [2.24, 2.45) is 0 Å². The number of hydrogen-bond donors (Lipinski definition) is 0. The lowest BCUT2D eigenvalue weighted by atomic mass is 10.2. The molecule has 3 heteroatoms. The monoisotopic (exact) mass is 310 g/mol. The maximum atomic E-state index is 6.02. The highest BCUT2D eigenvalue weighted by atomic mass is 35.5. The molecule has 0 N–H and O–H groups in total. The van der Waals surface area contributed by atoms with E-state index < -0.39 is 0 Å². The highest BCUT2D eigenvalue weighted by molar-refractivity contribution is 6.30. The van der Waals surface area contributed by atoms with Crippen LogP contribution in [-0.4, -0.2) is 37.6 Å². The van der Waals surface area contributed by atoms with Crippen molar-refractivity contribution in [1.82, 2.24) is 4.90 Å². The van der Waals surface area contributed by atoms with Crippen molar-refractivity contribution in [3.8, 4) is 0 Å². The van der Waals surface area contributed by atoms with Crippen LogP contribution in [0.25, 0.3) is 0 Å². The number of rotatable bonds is 4. The Morgan fingerprint density at radius 2 is 1.71 bits per heavy atom. The van der Waals surface area contributed by atoms with Gasteiger partial charge in [0.05, 0.1) is 0 Å². The van der Waals surface area contributed by atoms with Crippen LogP contribution in [0.3, 0.4) is 0 Å². The van der Waals surface area contributed by atoms with Crippen LogP contribution in [-0.2, 0) is 0 Å². The number of piperazine rings is 1. The van der Waals surface area contributed by atoms with Gasteiger partial charge in [-0.25, -0.2) is 0 Å². The molecular weight excluding hydrogens is 280 g/mol. The average molecular weight is 311 g/mol. The van der Waals surface area contributed by atoms with E-state index >= 15 is 0 Å². The van der Waals surface area contributed by atoms with Crippen molar-refractivity contribution in [2.45, 2.75) is 33.6 Å². The number of benzene rings is 1. The molecule has 0 unspecified atom stereocenters. The molecule has 120 valence electrons. The Kier molecular flexibility index (Phi) is 12.1. The Morgan fingerprint density at radius 1 is 1.10 bits per heavy atom. The summed E-state index contributed by atoms with van der Waals surface area (Å²) < 4.78 is 0. The number of unbranched alkanes of at least 4 members (excludes halogenated alkanes) is 1. The predicted molar refractivity (Wildman–Crippen MR) is 97.6 cm³/mol. The standard InChI is InChI=1S/C14H21ClN2.C2H6.C2H4/c1-2-3-7-16-8-10-17(11-9-16)14-6-4-5-13(15)12-14;2*1-2/h4-6,12H,2-3,7-11H2,1H3;1-2H3;1-2H2. The molecule has 1 aromatic carbocycles. The molecule has 1 aliphatic heterocycles. The van der Waals surface area contributed by atoms with Gasteiger partial charge in [-0.1, -0.05) is 44.9 Å². The molecule has 21 heavy (non-hydrogen) atoms. The first-order valence-corrected chi connectivity index (χ1v) is 8.40. The van der Waals surface area contributed by atoms with Gasteiger partial charge in [0.1, 0.15) is 0 Å². The summed E-state index contributed by atoms with van der Waals surface area (Å²) in [5, 5.41) is 0.830. The molecule has 1 heterocycles. The lowest BCUT2D eigenvalue weighted by Crippen LogP contribution is -2.46. The minimum absolute atomic E-state index is 0.830. The second-order valence-corrected chi connectivity index (χ2v) is 5.10. The SMILES string of the molecule is C=C.CC.CCCCN1CCN(c2cccc(Cl)c2)CC1. The summed E-state index contributed by atoms with van der Waals surface area (Å²) in [5.74, 6) is 0. The van der Waals surface area contributed by atoms with Crippen molar-refractivity contribution in [3.63, 3.8) is 0 Å². The third kappa shape index (κ3) is 7.54. The van der Waals surface area contributed by atoms with E-state index in [0.29, 0.717) is 0 Å². The second kappa shape index (κ2) is 12.7. The zero-order chi connectivity index (χ0) is 16.1. The van der Waals surface area contributed by atoms with Crippen molar-refractivity contribution < 1.29 is 0 Å². The van der Waals surface area contributed by atoms with Gasteiger partial charge >= 0.3 is 0 Å². The predicted octanol–water partition coefficient (Wildman–Crippen LogP) is 5.09. The van der Waals surface area contributed by atoms with Crippen LogP contribution in [0.1, 0.15) is 33.6 Å². The van der Waals surface area contributed by atoms with E-state index in [1.165, 1.54) is 38.2 Å². The van der Waals surface area contributed by atoms with Gasteiger partial charge in [0.15, 0.2) is 0 Å². The van der Waals surface area contributed by atoms with E-state index in [9.17, 15) is 0 Å². The average Bonchev–Trinajstić information content (AvgIpc) is 2.57. The molecule has 0 aromatic heterocycles. The van der Waals surface area contributed by atoms with E-state index in [0.717, 1.165) is 18.1 Å². The smallest absolute Gasteiger partial charge is 0.0426 e. The molecule has 0 radical (unpaired) electrons. The van der Waals surface area contributed by atoms with Crippen molar-refractivity contribution >= 4 is 17.3 Å². The fourth-order valence-corrected chi connectivity index (χ4v) is 2.47. The van der Waals surface area contributed by atoms with E-state index in [1.807, 2.05) is 26.0 Å². The van der Waals surface area contributed by atoms with Crippen LogP contribution < -0.4 is 4.90 Å². The molecule has 0 aliphatic carbocycles. The fraction of sp³-hybridized carbons (Fsp3) is 0.556. The molecule has 2 nitrogen and oxygen atoms in total. The minimum atomic E-state index is 0.830.